The van der Waals surface area contributed by atoms with Crippen LogP contribution in [0.5, 0.6) is 0 Å². The number of carbonyl (C=O) groups is 1. The quantitative estimate of drug-likeness (QED) is 0.443. The predicted octanol–water partition coefficient (Wildman–Crippen LogP) is 2.18. The van der Waals surface area contributed by atoms with Gasteiger partial charge in [0.15, 0.2) is 5.69 Å². The third-order valence-corrected chi connectivity index (χ3v) is 4.19. The molecule has 2 rings (SSSR count). The number of carbonyl (C=O) groups excluding carboxylic acids is 1. The second kappa shape index (κ2) is 6.72. The summed E-state index contributed by atoms with van der Waals surface area (Å²) < 4.78 is 6.57. The smallest absolute Gasteiger partial charge is 0.358 e. The molecule has 7 nitrogen and oxygen atoms in total. The fourth-order valence-electron chi connectivity index (χ4n) is 1.49. The van der Waals surface area contributed by atoms with E-state index in [1.807, 2.05) is 6.07 Å². The number of esters is 1. The Morgan fingerprint density at radius 2 is 2.35 bits per heavy atom. The molecule has 0 saturated carbocycles. The Kier molecular flexibility index (Phi) is 4.98. The first-order valence-corrected chi connectivity index (χ1v) is 9.62. The van der Waals surface area contributed by atoms with Gasteiger partial charge in [0.2, 0.25) is 0 Å². The number of rotatable bonds is 4. The molecule has 0 aliphatic heterocycles. The van der Waals surface area contributed by atoms with Crippen LogP contribution in [0.2, 0.25) is 0 Å². The summed E-state index contributed by atoms with van der Waals surface area (Å²) in [5, 5.41) is 13.0. The molecule has 0 aliphatic rings. The first-order valence-electron chi connectivity index (χ1n) is 5.56. The van der Waals surface area contributed by atoms with E-state index in [1.54, 1.807) is 23.5 Å². The minimum Gasteiger partial charge on any atom is -0.461 e. The van der Waals surface area contributed by atoms with Gasteiger partial charge in [0.05, 0.1) is 24.4 Å². The van der Waals surface area contributed by atoms with Crippen molar-refractivity contribution in [3.8, 4) is 17.5 Å². The molecule has 0 aromatic carbocycles. The molecule has 0 fully saturated rings. The van der Waals surface area contributed by atoms with Crippen LogP contribution in [0.3, 0.4) is 0 Å². The Bertz CT molecular complexity index is 682. The zero-order chi connectivity index (χ0) is 14.5. The molecular formula is C11H9IN5O2P. The molecule has 2 aromatic rings. The van der Waals surface area contributed by atoms with E-state index < -0.39 is 5.97 Å². The summed E-state index contributed by atoms with van der Waals surface area (Å²) in [5.74, 6) is -0.475. The highest BCUT2D eigenvalue weighted by Crippen LogP contribution is 2.31. The van der Waals surface area contributed by atoms with Gasteiger partial charge in [0.1, 0.15) is 18.1 Å². The molecule has 1 atom stereocenters. The van der Waals surface area contributed by atoms with Crippen molar-refractivity contribution in [1.82, 2.24) is 19.5 Å². The van der Waals surface area contributed by atoms with Gasteiger partial charge in [0.25, 0.3) is 0 Å². The molecule has 2 aromatic heterocycles. The summed E-state index contributed by atoms with van der Waals surface area (Å²) in [7, 11) is 0. The highest BCUT2D eigenvalue weighted by atomic mass is 127. The zero-order valence-electron chi connectivity index (χ0n) is 10.4. The van der Waals surface area contributed by atoms with Gasteiger partial charge in [-0.1, -0.05) is 0 Å². The largest absolute Gasteiger partial charge is 0.461 e. The monoisotopic (exact) mass is 401 g/mol. The lowest BCUT2D eigenvalue weighted by Crippen LogP contribution is -2.05. The van der Waals surface area contributed by atoms with Crippen molar-refractivity contribution in [3.63, 3.8) is 0 Å². The van der Waals surface area contributed by atoms with E-state index in [4.69, 9.17) is 10.00 Å². The fraction of sp³-hybridized carbons (Fsp3) is 0.182. The maximum Gasteiger partial charge on any atom is 0.358 e. The summed E-state index contributed by atoms with van der Waals surface area (Å²) in [6, 6.07) is 5.11. The van der Waals surface area contributed by atoms with Crippen LogP contribution in [-0.4, -0.2) is 32.1 Å². The maximum absolute atomic E-state index is 11.7. The number of ether oxygens (including phenoxy) is 1. The molecular weight excluding hydrogens is 392 g/mol. The summed E-state index contributed by atoms with van der Waals surface area (Å²) >= 11 is 2.15. The van der Waals surface area contributed by atoms with Gasteiger partial charge < -0.3 is 4.74 Å². The molecule has 102 valence electrons. The van der Waals surface area contributed by atoms with Crippen molar-refractivity contribution >= 4 is 34.4 Å². The van der Waals surface area contributed by atoms with Gasteiger partial charge in [-0.2, -0.15) is 10.4 Å². The van der Waals surface area contributed by atoms with Crippen LogP contribution in [0.4, 0.5) is 0 Å². The minimum absolute atomic E-state index is 0.225. The van der Waals surface area contributed by atoms with E-state index in [0.717, 1.165) is 0 Å². The lowest BCUT2D eigenvalue weighted by molar-refractivity contribution is 0.0519. The van der Waals surface area contributed by atoms with Crippen LogP contribution in [0.1, 0.15) is 23.1 Å². The van der Waals surface area contributed by atoms with E-state index in [1.165, 1.54) is 6.33 Å². The molecule has 20 heavy (non-hydrogen) atoms. The minimum atomic E-state index is -0.475. The van der Waals surface area contributed by atoms with E-state index in [0.29, 0.717) is 24.4 Å². The molecule has 0 spiro atoms. The predicted molar refractivity (Wildman–Crippen MR) is 81.7 cm³/mol. The topological polar surface area (TPSA) is 93.7 Å². The van der Waals surface area contributed by atoms with Crippen molar-refractivity contribution in [2.75, 3.05) is 6.61 Å². The normalized spacial score (nSPS) is 10.7. The fourth-order valence-corrected chi connectivity index (χ4v) is 3.01. The Balaban J connectivity index is 2.45. The Hall–Kier alpha value is -1.59. The van der Waals surface area contributed by atoms with Crippen molar-refractivity contribution in [1.29, 1.82) is 5.26 Å². The molecule has 2 heterocycles. The van der Waals surface area contributed by atoms with Crippen LogP contribution in [0, 0.1) is 11.3 Å². The number of halogens is 1. The van der Waals surface area contributed by atoms with Gasteiger partial charge in [-0.25, -0.2) is 19.2 Å². The van der Waals surface area contributed by atoms with Crippen LogP contribution in [0.25, 0.3) is 11.4 Å². The highest BCUT2D eigenvalue weighted by Gasteiger charge is 2.17. The lowest BCUT2D eigenvalue weighted by Gasteiger charge is -2.01. The second-order valence-corrected chi connectivity index (χ2v) is 5.57. The van der Waals surface area contributed by atoms with Crippen molar-refractivity contribution < 1.29 is 9.53 Å². The Labute approximate surface area is 129 Å². The molecule has 0 amide bonds. The van der Waals surface area contributed by atoms with Crippen LogP contribution in [0.15, 0.2) is 18.5 Å². The Morgan fingerprint density at radius 1 is 1.55 bits per heavy atom. The molecule has 0 bridgehead atoms. The summed E-state index contributed by atoms with van der Waals surface area (Å²) in [5.41, 5.74) is 1.68. The summed E-state index contributed by atoms with van der Waals surface area (Å²) in [6.07, 6.45) is 1.60. The molecule has 0 N–H and O–H groups in total. The van der Waals surface area contributed by atoms with E-state index in [-0.39, 0.29) is 11.4 Å². The molecule has 9 heteroatoms. The van der Waals surface area contributed by atoms with E-state index in [9.17, 15) is 4.79 Å². The number of hydrogen-bond donors (Lipinski definition) is 0. The third-order valence-electron chi connectivity index (χ3n) is 2.32. The van der Waals surface area contributed by atoms with Crippen molar-refractivity contribution in [2.45, 2.75) is 6.92 Å². The van der Waals surface area contributed by atoms with E-state index >= 15 is 0 Å². The molecule has 0 saturated heterocycles. The summed E-state index contributed by atoms with van der Waals surface area (Å²) in [6.45, 7) is 2.03. The van der Waals surface area contributed by atoms with Crippen molar-refractivity contribution in [2.24, 2.45) is 0 Å². The number of nitrogens with zero attached hydrogens (tertiary/aromatic N) is 5. The first kappa shape index (κ1) is 14.8. The SMILES string of the molecule is CCOC(=O)c1cc(-c2cc(C#N)ncn2)n(PI)n1. The van der Waals surface area contributed by atoms with Crippen LogP contribution in [-0.2, 0) is 4.74 Å². The molecule has 0 aliphatic carbocycles. The number of hydrogen-bond acceptors (Lipinski definition) is 6. The van der Waals surface area contributed by atoms with Crippen LogP contribution >= 0.6 is 28.4 Å². The highest BCUT2D eigenvalue weighted by molar-refractivity contribution is 14.2. The Morgan fingerprint density at radius 3 is 3.00 bits per heavy atom. The molecule has 0 radical (unpaired) electrons. The van der Waals surface area contributed by atoms with E-state index in [2.05, 4.69) is 37.1 Å². The second-order valence-electron chi connectivity index (χ2n) is 3.53. The number of aromatic nitrogens is 4. The van der Waals surface area contributed by atoms with Gasteiger partial charge in [-0.3, -0.25) is 0 Å². The maximum atomic E-state index is 11.7. The van der Waals surface area contributed by atoms with Crippen LogP contribution < -0.4 is 0 Å². The van der Waals surface area contributed by atoms with Crippen molar-refractivity contribution in [3.05, 3.63) is 29.8 Å². The average Bonchev–Trinajstić information content (AvgIpc) is 2.92. The zero-order valence-corrected chi connectivity index (χ0v) is 13.5. The third kappa shape index (κ3) is 3.11. The lowest BCUT2D eigenvalue weighted by atomic mass is 10.2. The van der Waals surface area contributed by atoms with Gasteiger partial charge in [-0.15, -0.1) is 0 Å². The van der Waals surface area contributed by atoms with Gasteiger partial charge in [-0.05, 0) is 29.0 Å². The number of nitriles is 1. The average molecular weight is 401 g/mol. The van der Waals surface area contributed by atoms with Gasteiger partial charge in [0, 0.05) is 12.1 Å². The molecule has 1 unspecified atom stereocenters. The van der Waals surface area contributed by atoms with Gasteiger partial charge >= 0.3 is 5.97 Å². The summed E-state index contributed by atoms with van der Waals surface area (Å²) in [4.78, 5) is 19.6. The first-order chi connectivity index (χ1) is 9.69. The standard InChI is InChI=1S/C11H9IN5O2P/c1-2-19-11(18)9-4-10(17(16-9)20-12)8-3-7(5-13)14-6-15-8/h3-4,6,20H,2H2,1H3.